The molecule has 142 valence electrons. The first-order valence-electron chi connectivity index (χ1n) is 8.09. The van der Waals surface area contributed by atoms with Gasteiger partial charge in [-0.2, -0.15) is 0 Å². The number of fused-ring (bicyclic) bond motifs is 1. The van der Waals surface area contributed by atoms with Crippen LogP contribution in [0.1, 0.15) is 33.5 Å². The zero-order chi connectivity index (χ0) is 19.6. The topological polar surface area (TPSA) is 81.3 Å². The van der Waals surface area contributed by atoms with Crippen molar-refractivity contribution in [3.05, 3.63) is 60.4 Å². The smallest absolute Gasteiger partial charge is 0.348 e. The van der Waals surface area contributed by atoms with E-state index < -0.39 is 5.97 Å². The van der Waals surface area contributed by atoms with E-state index in [1.807, 2.05) is 6.07 Å². The second-order valence-electron chi connectivity index (χ2n) is 5.68. The van der Waals surface area contributed by atoms with Crippen molar-refractivity contribution < 1.29 is 14.3 Å². The van der Waals surface area contributed by atoms with E-state index in [9.17, 15) is 9.59 Å². The number of aromatic nitrogens is 2. The first kappa shape index (κ1) is 19.8. The number of nitrogens with zero attached hydrogens (tertiary/aromatic N) is 1. The van der Waals surface area contributed by atoms with Crippen LogP contribution in [-0.2, 0) is 22.5 Å². The van der Waals surface area contributed by atoms with Gasteiger partial charge in [-0.15, -0.1) is 11.3 Å². The third kappa shape index (κ3) is 4.16. The van der Waals surface area contributed by atoms with Gasteiger partial charge in [-0.3, -0.25) is 4.79 Å². The summed E-state index contributed by atoms with van der Waals surface area (Å²) in [5.41, 5.74) is 1.02. The molecule has 0 aliphatic rings. The van der Waals surface area contributed by atoms with Gasteiger partial charge in [0.1, 0.15) is 15.5 Å². The number of carbonyl (C=O) groups is 1. The summed E-state index contributed by atoms with van der Waals surface area (Å²) in [4.78, 5) is 33.0. The molecule has 9 heteroatoms. The maximum atomic E-state index is 12.7. The fourth-order valence-corrected chi connectivity index (χ4v) is 4.09. The highest BCUT2D eigenvalue weighted by Gasteiger charge is 2.23. The highest BCUT2D eigenvalue weighted by Crippen LogP contribution is 2.30. The van der Waals surface area contributed by atoms with Crippen LogP contribution in [0.2, 0.25) is 10.0 Å². The molecule has 3 aromatic rings. The molecule has 0 saturated carbocycles. The molecular formula is C18H16Cl2N2O4S. The fraction of sp³-hybridized carbons (Fsp3) is 0.278. The van der Waals surface area contributed by atoms with Crippen LogP contribution >= 0.6 is 34.5 Å². The third-order valence-corrected chi connectivity index (χ3v) is 5.66. The van der Waals surface area contributed by atoms with Gasteiger partial charge in [-0.1, -0.05) is 29.3 Å². The molecule has 0 spiro atoms. The molecule has 2 aromatic heterocycles. The average Bonchev–Trinajstić information content (AvgIpc) is 2.98. The summed E-state index contributed by atoms with van der Waals surface area (Å²) in [6.45, 7) is 2.08. The lowest BCUT2D eigenvalue weighted by Crippen LogP contribution is -2.13. The zero-order valence-electron chi connectivity index (χ0n) is 14.6. The van der Waals surface area contributed by atoms with Crippen LogP contribution in [0.3, 0.4) is 0 Å². The normalized spacial score (nSPS) is 11.1. The Balaban J connectivity index is 2.06. The second-order valence-corrected chi connectivity index (χ2v) is 7.49. The van der Waals surface area contributed by atoms with Crippen LogP contribution in [0.15, 0.2) is 23.0 Å². The Labute approximate surface area is 169 Å². The third-order valence-electron chi connectivity index (χ3n) is 3.81. The molecule has 0 aliphatic heterocycles. The number of rotatable bonds is 6. The van der Waals surface area contributed by atoms with Crippen molar-refractivity contribution in [2.75, 3.05) is 13.7 Å². The minimum atomic E-state index is -0.488. The number of thiophene rings is 1. The van der Waals surface area contributed by atoms with Gasteiger partial charge < -0.3 is 14.5 Å². The number of H-pyrrole nitrogens is 1. The zero-order valence-corrected chi connectivity index (χ0v) is 16.9. The molecule has 0 amide bonds. The number of esters is 1. The predicted molar refractivity (Wildman–Crippen MR) is 106 cm³/mol. The predicted octanol–water partition coefficient (Wildman–Crippen LogP) is 4.21. The molecule has 2 heterocycles. The molecule has 0 radical (unpaired) electrons. The van der Waals surface area contributed by atoms with Crippen LogP contribution in [0, 0.1) is 0 Å². The van der Waals surface area contributed by atoms with Gasteiger partial charge in [0.05, 0.1) is 28.6 Å². The standard InChI is InChI=1S/C18H16Cl2N2O4S/c1-3-26-18(24)15-10(8-25-2)14-16(23)21-13(22-17(14)27-15)7-9-4-5-11(19)12(20)6-9/h4-6H,3,7-8H2,1-2H3,(H,21,22,23). The van der Waals surface area contributed by atoms with Crippen LogP contribution < -0.4 is 5.56 Å². The number of carbonyl (C=O) groups excluding carboxylic acids is 1. The number of aromatic amines is 1. The first-order chi connectivity index (χ1) is 12.9. The molecule has 1 N–H and O–H groups in total. The summed E-state index contributed by atoms with van der Waals surface area (Å²) in [6.07, 6.45) is 0.369. The van der Waals surface area contributed by atoms with Crippen molar-refractivity contribution in [1.82, 2.24) is 9.97 Å². The summed E-state index contributed by atoms with van der Waals surface area (Å²) in [5.74, 6) is -0.0236. The Kier molecular flexibility index (Phi) is 6.16. The van der Waals surface area contributed by atoms with E-state index in [0.29, 0.717) is 42.9 Å². The van der Waals surface area contributed by atoms with Crippen molar-refractivity contribution in [1.29, 1.82) is 0 Å². The number of hydrogen-bond acceptors (Lipinski definition) is 6. The molecule has 0 unspecified atom stereocenters. The minimum Gasteiger partial charge on any atom is -0.462 e. The number of methoxy groups -OCH3 is 1. The summed E-state index contributed by atoms with van der Waals surface area (Å²) < 4.78 is 10.2. The number of halogens is 2. The SMILES string of the molecule is CCOC(=O)c1sc2nc(Cc3ccc(Cl)c(Cl)c3)[nH]c(=O)c2c1COC. The molecule has 0 aliphatic carbocycles. The number of benzene rings is 1. The Bertz CT molecular complexity index is 1060. The highest BCUT2D eigenvalue weighted by molar-refractivity contribution is 7.20. The van der Waals surface area contributed by atoms with Gasteiger partial charge >= 0.3 is 5.97 Å². The monoisotopic (exact) mass is 426 g/mol. The lowest BCUT2D eigenvalue weighted by atomic mass is 10.1. The quantitative estimate of drug-likeness (QED) is 0.597. The molecular weight excluding hydrogens is 411 g/mol. The molecule has 0 saturated heterocycles. The molecule has 6 nitrogen and oxygen atoms in total. The van der Waals surface area contributed by atoms with Gasteiger partial charge in [-0.05, 0) is 24.6 Å². The van der Waals surface area contributed by atoms with E-state index >= 15 is 0 Å². The second kappa shape index (κ2) is 8.39. The van der Waals surface area contributed by atoms with Crippen molar-refractivity contribution >= 4 is 50.7 Å². The van der Waals surface area contributed by atoms with E-state index in [1.165, 1.54) is 7.11 Å². The Hall–Kier alpha value is -1.93. The van der Waals surface area contributed by atoms with Crippen LogP contribution in [0.5, 0.6) is 0 Å². The maximum Gasteiger partial charge on any atom is 0.348 e. The van der Waals surface area contributed by atoms with E-state index in [-0.39, 0.29) is 18.8 Å². The van der Waals surface area contributed by atoms with Crippen molar-refractivity contribution in [3.63, 3.8) is 0 Å². The Morgan fingerprint density at radius 2 is 2.07 bits per heavy atom. The van der Waals surface area contributed by atoms with Gasteiger partial charge in [0, 0.05) is 19.1 Å². The van der Waals surface area contributed by atoms with E-state index in [4.69, 9.17) is 32.7 Å². The lowest BCUT2D eigenvalue weighted by Gasteiger charge is -2.04. The molecule has 0 fully saturated rings. The fourth-order valence-electron chi connectivity index (χ4n) is 2.68. The van der Waals surface area contributed by atoms with Crippen molar-refractivity contribution in [3.8, 4) is 0 Å². The van der Waals surface area contributed by atoms with Crippen molar-refractivity contribution in [2.24, 2.45) is 0 Å². The van der Waals surface area contributed by atoms with E-state index in [2.05, 4.69) is 9.97 Å². The Morgan fingerprint density at radius 3 is 2.74 bits per heavy atom. The highest BCUT2D eigenvalue weighted by atomic mass is 35.5. The number of hydrogen-bond donors (Lipinski definition) is 1. The largest absolute Gasteiger partial charge is 0.462 e. The van der Waals surface area contributed by atoms with Crippen LogP contribution in [0.25, 0.3) is 10.2 Å². The maximum absolute atomic E-state index is 12.7. The van der Waals surface area contributed by atoms with Gasteiger partial charge in [0.25, 0.3) is 5.56 Å². The van der Waals surface area contributed by atoms with Gasteiger partial charge in [0.2, 0.25) is 0 Å². The molecule has 27 heavy (non-hydrogen) atoms. The van der Waals surface area contributed by atoms with Crippen LogP contribution in [0.4, 0.5) is 0 Å². The summed E-state index contributed by atoms with van der Waals surface area (Å²) in [6, 6.07) is 5.23. The molecule has 3 rings (SSSR count). The van der Waals surface area contributed by atoms with Gasteiger partial charge in [-0.25, -0.2) is 9.78 Å². The van der Waals surface area contributed by atoms with Crippen LogP contribution in [-0.4, -0.2) is 29.7 Å². The summed E-state index contributed by atoms with van der Waals surface area (Å²) >= 11 is 13.1. The van der Waals surface area contributed by atoms with E-state index in [1.54, 1.807) is 19.1 Å². The van der Waals surface area contributed by atoms with Gasteiger partial charge in [0.15, 0.2) is 0 Å². The van der Waals surface area contributed by atoms with Crippen molar-refractivity contribution in [2.45, 2.75) is 20.0 Å². The summed E-state index contributed by atoms with van der Waals surface area (Å²) in [7, 11) is 1.50. The first-order valence-corrected chi connectivity index (χ1v) is 9.66. The molecule has 0 bridgehead atoms. The van der Waals surface area contributed by atoms with E-state index in [0.717, 1.165) is 16.9 Å². The summed E-state index contributed by atoms with van der Waals surface area (Å²) in [5, 5.41) is 1.24. The average molecular weight is 427 g/mol. The minimum absolute atomic E-state index is 0.116. The Morgan fingerprint density at radius 1 is 1.30 bits per heavy atom. The molecule has 0 atom stereocenters. The molecule has 1 aromatic carbocycles. The number of nitrogens with one attached hydrogen (secondary N) is 1. The number of ether oxygens (including phenoxy) is 2. The lowest BCUT2D eigenvalue weighted by molar-refractivity contribution is 0.0528.